The number of anilines is 1. The zero-order valence-corrected chi connectivity index (χ0v) is 14.0. The molecule has 0 saturated carbocycles. The minimum Gasteiger partial charge on any atom is -0.277 e. The van der Waals surface area contributed by atoms with Crippen molar-refractivity contribution in [3.8, 4) is 0 Å². The van der Waals surface area contributed by atoms with Crippen LogP contribution in [-0.4, -0.2) is 16.8 Å². The molecule has 0 aliphatic rings. The van der Waals surface area contributed by atoms with Gasteiger partial charge in [-0.25, -0.2) is 30.8 Å². The Morgan fingerprint density at radius 1 is 0.846 bits per heavy atom. The van der Waals surface area contributed by atoms with Gasteiger partial charge in [-0.15, -0.1) is 0 Å². The number of primary sulfonamides is 1. The average molecular weight is 416 g/mol. The van der Waals surface area contributed by atoms with Crippen molar-refractivity contribution in [2.75, 3.05) is 4.72 Å². The van der Waals surface area contributed by atoms with Gasteiger partial charge in [-0.05, 0) is 36.4 Å². The number of hydrogen-bond acceptors (Lipinski definition) is 4. The van der Waals surface area contributed by atoms with E-state index in [4.69, 9.17) is 5.14 Å². The summed E-state index contributed by atoms with van der Waals surface area (Å²) in [5.41, 5.74) is -2.55. The van der Waals surface area contributed by atoms with E-state index < -0.39 is 58.9 Å². The van der Waals surface area contributed by atoms with Crippen molar-refractivity contribution in [2.45, 2.75) is 16.0 Å². The summed E-state index contributed by atoms with van der Waals surface area (Å²) in [6.07, 6.45) is -5.14. The van der Waals surface area contributed by atoms with Crippen molar-refractivity contribution in [1.82, 2.24) is 0 Å². The number of rotatable bonds is 4. The van der Waals surface area contributed by atoms with Crippen LogP contribution in [0.15, 0.2) is 46.2 Å². The number of nitrogens with two attached hydrogens (primary N) is 1. The first-order valence-electron chi connectivity index (χ1n) is 6.44. The Hall–Kier alpha value is -2.25. The third-order valence-corrected chi connectivity index (χ3v) is 5.34. The van der Waals surface area contributed by atoms with Crippen molar-refractivity contribution < 1.29 is 38.8 Å². The fourth-order valence-corrected chi connectivity index (χ4v) is 3.47. The molecule has 0 atom stereocenters. The van der Waals surface area contributed by atoms with Crippen molar-refractivity contribution >= 4 is 25.7 Å². The Morgan fingerprint density at radius 2 is 1.42 bits per heavy atom. The summed E-state index contributed by atoms with van der Waals surface area (Å²) in [6.45, 7) is 0. The summed E-state index contributed by atoms with van der Waals surface area (Å²) in [6, 6.07) is 2.86. The maximum absolute atomic E-state index is 13.9. The van der Waals surface area contributed by atoms with Gasteiger partial charge < -0.3 is 0 Å². The summed E-state index contributed by atoms with van der Waals surface area (Å²) in [5.74, 6) is -3.02. The van der Waals surface area contributed by atoms with Gasteiger partial charge in [0.15, 0.2) is 0 Å². The smallest absolute Gasteiger partial charge is 0.277 e. The zero-order chi connectivity index (χ0) is 19.9. The van der Waals surface area contributed by atoms with E-state index in [2.05, 4.69) is 0 Å². The molecule has 0 aliphatic heterocycles. The molecule has 0 radical (unpaired) electrons. The van der Waals surface area contributed by atoms with Gasteiger partial charge in [0.2, 0.25) is 10.0 Å². The van der Waals surface area contributed by atoms with Crippen molar-refractivity contribution in [2.24, 2.45) is 5.14 Å². The molecular weight excluding hydrogens is 407 g/mol. The van der Waals surface area contributed by atoms with Crippen LogP contribution in [0.25, 0.3) is 0 Å². The topological polar surface area (TPSA) is 106 Å². The van der Waals surface area contributed by atoms with Crippen molar-refractivity contribution in [3.63, 3.8) is 0 Å². The molecule has 2 aromatic carbocycles. The number of benzene rings is 2. The third kappa shape index (κ3) is 4.28. The largest absolute Gasteiger partial charge is 0.419 e. The van der Waals surface area contributed by atoms with Crippen LogP contribution in [0.1, 0.15) is 5.56 Å². The molecule has 0 heterocycles. The molecule has 0 amide bonds. The first-order valence-corrected chi connectivity index (χ1v) is 9.47. The van der Waals surface area contributed by atoms with Crippen LogP contribution < -0.4 is 9.86 Å². The molecule has 6 nitrogen and oxygen atoms in total. The zero-order valence-electron chi connectivity index (χ0n) is 12.4. The van der Waals surface area contributed by atoms with E-state index in [1.807, 2.05) is 0 Å². The van der Waals surface area contributed by atoms with E-state index in [1.165, 1.54) is 0 Å². The summed E-state index contributed by atoms with van der Waals surface area (Å²) in [4.78, 5) is -1.61. The van der Waals surface area contributed by atoms with Gasteiger partial charge in [0.1, 0.15) is 11.6 Å². The van der Waals surface area contributed by atoms with Crippen LogP contribution >= 0.6 is 0 Å². The molecule has 0 bridgehead atoms. The highest BCUT2D eigenvalue weighted by atomic mass is 32.2. The summed E-state index contributed by atoms with van der Waals surface area (Å²) in [7, 11) is -8.97. The van der Waals surface area contributed by atoms with Crippen molar-refractivity contribution in [3.05, 3.63) is 53.6 Å². The predicted octanol–water partition coefficient (Wildman–Crippen LogP) is 2.43. The lowest BCUT2D eigenvalue weighted by Gasteiger charge is -2.12. The molecule has 2 aromatic rings. The minimum absolute atomic E-state index is 0.0499. The molecular formula is C13H9F5N2O4S2. The van der Waals surface area contributed by atoms with Crippen LogP contribution in [-0.2, 0) is 26.2 Å². The first kappa shape index (κ1) is 20.1. The van der Waals surface area contributed by atoms with E-state index in [0.717, 1.165) is 12.1 Å². The van der Waals surface area contributed by atoms with Crippen LogP contribution in [0.2, 0.25) is 0 Å². The highest BCUT2D eigenvalue weighted by Gasteiger charge is 2.35. The van der Waals surface area contributed by atoms with Crippen LogP contribution in [0, 0.1) is 11.6 Å². The molecule has 0 saturated heterocycles. The molecule has 26 heavy (non-hydrogen) atoms. The van der Waals surface area contributed by atoms with Gasteiger partial charge in [-0.3, -0.25) is 4.72 Å². The number of alkyl halides is 3. The molecule has 142 valence electrons. The Kier molecular flexibility index (Phi) is 5.00. The SMILES string of the molecule is NS(=O)(=O)c1ccc(NS(=O)(=O)c2ccc(F)c(C(F)(F)F)c2)c(F)c1. The summed E-state index contributed by atoms with van der Waals surface area (Å²) in [5, 5.41) is 4.79. The van der Waals surface area contributed by atoms with Gasteiger partial charge in [-0.2, -0.15) is 13.2 Å². The molecule has 0 aromatic heterocycles. The maximum atomic E-state index is 13.9. The van der Waals surface area contributed by atoms with Gasteiger partial charge in [0.25, 0.3) is 10.0 Å². The molecule has 0 aliphatic carbocycles. The molecule has 2 rings (SSSR count). The summed E-state index contributed by atoms with van der Waals surface area (Å²) >= 11 is 0. The highest BCUT2D eigenvalue weighted by molar-refractivity contribution is 7.92. The van der Waals surface area contributed by atoms with E-state index in [1.54, 1.807) is 4.72 Å². The standard InChI is InChI=1S/C13H9F5N2O4S2/c14-10-3-1-8(5-9(10)13(16,17)18)26(23,24)20-12-4-2-7(6-11(12)15)25(19,21)22/h1-6,20H,(H2,19,21,22). The summed E-state index contributed by atoms with van der Waals surface area (Å²) < 4.78 is 113. The molecule has 13 heteroatoms. The average Bonchev–Trinajstić information content (AvgIpc) is 2.47. The number of sulfonamides is 2. The second kappa shape index (κ2) is 6.48. The minimum atomic E-state index is -5.14. The van der Waals surface area contributed by atoms with Crippen LogP contribution in [0.3, 0.4) is 0 Å². The maximum Gasteiger partial charge on any atom is 0.419 e. The van der Waals surface area contributed by atoms with Gasteiger partial charge in [-0.1, -0.05) is 0 Å². The first-order chi connectivity index (χ1) is 11.7. The fourth-order valence-electron chi connectivity index (χ4n) is 1.85. The Balaban J connectivity index is 2.44. The molecule has 3 N–H and O–H groups in total. The second-order valence-corrected chi connectivity index (χ2v) is 8.18. The van der Waals surface area contributed by atoms with E-state index >= 15 is 0 Å². The van der Waals surface area contributed by atoms with Gasteiger partial charge in [0, 0.05) is 0 Å². The number of halogens is 5. The quantitative estimate of drug-likeness (QED) is 0.747. The molecule has 0 spiro atoms. The predicted molar refractivity (Wildman–Crippen MR) is 80.0 cm³/mol. The Morgan fingerprint density at radius 3 is 1.92 bits per heavy atom. The molecule has 0 fully saturated rings. The lowest BCUT2D eigenvalue weighted by atomic mass is 10.2. The fraction of sp³-hybridized carbons (Fsp3) is 0.0769. The highest BCUT2D eigenvalue weighted by Crippen LogP contribution is 2.33. The Bertz CT molecular complexity index is 1070. The normalized spacial score (nSPS) is 12.8. The van der Waals surface area contributed by atoms with Crippen molar-refractivity contribution in [1.29, 1.82) is 0 Å². The lowest BCUT2D eigenvalue weighted by Crippen LogP contribution is -2.17. The number of nitrogens with one attached hydrogen (secondary N) is 1. The van der Waals surface area contributed by atoms with E-state index in [0.29, 0.717) is 18.2 Å². The second-order valence-electron chi connectivity index (χ2n) is 4.93. The Labute approximate surface area is 144 Å². The number of hydrogen-bond donors (Lipinski definition) is 2. The molecule has 0 unspecified atom stereocenters. The lowest BCUT2D eigenvalue weighted by molar-refractivity contribution is -0.140. The van der Waals surface area contributed by atoms with Gasteiger partial charge >= 0.3 is 6.18 Å². The monoisotopic (exact) mass is 416 g/mol. The van der Waals surface area contributed by atoms with E-state index in [9.17, 15) is 38.8 Å². The van der Waals surface area contributed by atoms with Gasteiger partial charge in [0.05, 0.1) is 21.0 Å². The van der Waals surface area contributed by atoms with E-state index in [-0.39, 0.29) is 6.07 Å². The van der Waals surface area contributed by atoms with Crippen LogP contribution in [0.4, 0.5) is 27.6 Å². The third-order valence-electron chi connectivity index (χ3n) is 3.07. The van der Waals surface area contributed by atoms with Crippen LogP contribution in [0.5, 0.6) is 0 Å².